The number of nitrogens with zero attached hydrogens (tertiary/aromatic N) is 3. The lowest BCUT2D eigenvalue weighted by atomic mass is 10.2. The quantitative estimate of drug-likeness (QED) is 0.573. The summed E-state index contributed by atoms with van der Waals surface area (Å²) in [4.78, 5) is 0.949. The summed E-state index contributed by atoms with van der Waals surface area (Å²) in [5.74, 6) is 7.47. The third-order valence-corrected chi connectivity index (χ3v) is 4.86. The van der Waals surface area contributed by atoms with Crippen molar-refractivity contribution in [1.29, 1.82) is 0 Å². The first-order chi connectivity index (χ1) is 10.7. The molecule has 8 heteroatoms. The van der Waals surface area contributed by atoms with E-state index in [1.165, 1.54) is 28.6 Å². The number of hydrogen-bond donors (Lipinski definition) is 1. The molecule has 114 valence electrons. The van der Waals surface area contributed by atoms with Crippen molar-refractivity contribution in [2.24, 2.45) is 0 Å². The predicted molar refractivity (Wildman–Crippen MR) is 86.0 cm³/mol. The summed E-state index contributed by atoms with van der Waals surface area (Å²) in [5, 5.41) is 10.7. The molecule has 0 bridgehead atoms. The number of nitrogens with two attached hydrogens (primary N) is 1. The Bertz CT molecular complexity index is 773. The van der Waals surface area contributed by atoms with E-state index in [2.05, 4.69) is 10.2 Å². The zero-order valence-corrected chi connectivity index (χ0v) is 13.3. The maximum atomic E-state index is 13.4. The Morgan fingerprint density at radius 2 is 2.23 bits per heavy atom. The van der Waals surface area contributed by atoms with E-state index in [1.807, 2.05) is 17.5 Å². The van der Waals surface area contributed by atoms with Gasteiger partial charge in [-0.2, -0.15) is 0 Å². The first kappa shape index (κ1) is 14.9. The van der Waals surface area contributed by atoms with Crippen molar-refractivity contribution < 1.29 is 9.13 Å². The molecule has 3 aromatic rings. The van der Waals surface area contributed by atoms with E-state index in [0.29, 0.717) is 22.5 Å². The van der Waals surface area contributed by atoms with Gasteiger partial charge in [-0.25, -0.2) is 9.07 Å². The van der Waals surface area contributed by atoms with Crippen molar-refractivity contribution in [1.82, 2.24) is 14.9 Å². The Hall–Kier alpha value is -2.06. The van der Waals surface area contributed by atoms with E-state index in [4.69, 9.17) is 10.6 Å². The summed E-state index contributed by atoms with van der Waals surface area (Å²) >= 11 is 2.92. The number of nitrogen functional groups attached to an aromatic ring is 1. The minimum atomic E-state index is -0.301. The fraction of sp³-hybridized carbons (Fsp3) is 0.143. The highest BCUT2D eigenvalue weighted by Gasteiger charge is 2.14. The maximum absolute atomic E-state index is 13.4. The van der Waals surface area contributed by atoms with Crippen LogP contribution in [0.1, 0.15) is 5.56 Å². The van der Waals surface area contributed by atoms with Crippen molar-refractivity contribution in [3.8, 4) is 16.5 Å². The van der Waals surface area contributed by atoms with Gasteiger partial charge in [-0.05, 0) is 29.6 Å². The average Bonchev–Trinajstić information content (AvgIpc) is 3.15. The molecule has 3 rings (SSSR count). The Labute approximate surface area is 134 Å². The number of hydrogen-bond acceptors (Lipinski definition) is 6. The van der Waals surface area contributed by atoms with Crippen molar-refractivity contribution in [2.75, 3.05) is 13.0 Å². The van der Waals surface area contributed by atoms with Gasteiger partial charge in [-0.15, -0.1) is 21.5 Å². The van der Waals surface area contributed by atoms with Gasteiger partial charge in [0.25, 0.3) is 0 Å². The van der Waals surface area contributed by atoms with Crippen molar-refractivity contribution in [2.45, 2.75) is 10.9 Å². The predicted octanol–water partition coefficient (Wildman–Crippen LogP) is 3.16. The summed E-state index contributed by atoms with van der Waals surface area (Å²) in [5.41, 5.74) is 0.744. The lowest BCUT2D eigenvalue weighted by molar-refractivity contribution is 0.410. The number of methoxy groups -OCH3 is 1. The molecule has 0 aliphatic rings. The van der Waals surface area contributed by atoms with Gasteiger partial charge in [0, 0.05) is 11.3 Å². The van der Waals surface area contributed by atoms with Gasteiger partial charge in [-0.1, -0.05) is 17.8 Å². The van der Waals surface area contributed by atoms with E-state index in [9.17, 15) is 4.39 Å². The number of aromatic nitrogens is 3. The number of rotatable bonds is 5. The Morgan fingerprint density at radius 1 is 1.36 bits per heavy atom. The average molecular weight is 336 g/mol. The van der Waals surface area contributed by atoms with Gasteiger partial charge in [0.2, 0.25) is 5.16 Å². The summed E-state index contributed by atoms with van der Waals surface area (Å²) in [7, 11) is 1.56. The second-order valence-corrected chi connectivity index (χ2v) is 6.29. The van der Waals surface area contributed by atoms with Crippen molar-refractivity contribution >= 4 is 23.1 Å². The molecule has 2 heterocycles. The molecular weight excluding hydrogens is 323 g/mol. The van der Waals surface area contributed by atoms with Gasteiger partial charge < -0.3 is 10.6 Å². The molecule has 0 amide bonds. The summed E-state index contributed by atoms with van der Waals surface area (Å²) in [6.45, 7) is 0. The van der Waals surface area contributed by atoms with Crippen molar-refractivity contribution in [3.05, 3.63) is 47.1 Å². The van der Waals surface area contributed by atoms with Crippen LogP contribution in [0.4, 0.5) is 4.39 Å². The number of thioether (sulfide) groups is 1. The second kappa shape index (κ2) is 6.37. The molecule has 0 aliphatic carbocycles. The number of halogens is 1. The minimum absolute atomic E-state index is 0.301. The summed E-state index contributed by atoms with van der Waals surface area (Å²) in [6, 6.07) is 8.28. The van der Waals surface area contributed by atoms with E-state index in [-0.39, 0.29) is 5.82 Å². The molecule has 0 aliphatic heterocycles. The third-order valence-electron chi connectivity index (χ3n) is 3.01. The van der Waals surface area contributed by atoms with Crippen LogP contribution in [0.3, 0.4) is 0 Å². The van der Waals surface area contributed by atoms with Crippen LogP contribution in [0.15, 0.2) is 40.9 Å². The zero-order chi connectivity index (χ0) is 15.5. The van der Waals surface area contributed by atoms with Gasteiger partial charge in [0.1, 0.15) is 11.6 Å². The molecule has 0 saturated heterocycles. The second-order valence-electron chi connectivity index (χ2n) is 4.40. The topological polar surface area (TPSA) is 66.0 Å². The molecule has 2 N–H and O–H groups in total. The number of ether oxygens (including phenoxy) is 1. The van der Waals surface area contributed by atoms with Crippen LogP contribution in [0.2, 0.25) is 0 Å². The molecular formula is C14H13FN4OS2. The van der Waals surface area contributed by atoms with E-state index in [0.717, 1.165) is 10.4 Å². The van der Waals surface area contributed by atoms with Gasteiger partial charge >= 0.3 is 0 Å². The van der Waals surface area contributed by atoms with Gasteiger partial charge in [-0.3, -0.25) is 0 Å². The molecule has 0 radical (unpaired) electrons. The molecule has 0 atom stereocenters. The largest absolute Gasteiger partial charge is 0.496 e. The fourth-order valence-electron chi connectivity index (χ4n) is 1.95. The third kappa shape index (κ3) is 2.93. The first-order valence-corrected chi connectivity index (χ1v) is 8.25. The van der Waals surface area contributed by atoms with E-state index < -0.39 is 0 Å². The highest BCUT2D eigenvalue weighted by molar-refractivity contribution is 7.98. The Balaban J connectivity index is 1.79. The minimum Gasteiger partial charge on any atom is -0.496 e. The van der Waals surface area contributed by atoms with E-state index in [1.54, 1.807) is 24.5 Å². The highest BCUT2D eigenvalue weighted by Crippen LogP contribution is 2.29. The summed E-state index contributed by atoms with van der Waals surface area (Å²) < 4.78 is 20.0. The molecule has 0 fully saturated rings. The lowest BCUT2D eigenvalue weighted by Gasteiger charge is -2.08. The molecule has 0 spiro atoms. The van der Waals surface area contributed by atoms with Gasteiger partial charge in [0.05, 0.1) is 12.0 Å². The zero-order valence-electron chi connectivity index (χ0n) is 11.7. The molecule has 0 unspecified atom stereocenters. The van der Waals surface area contributed by atoms with Crippen LogP contribution in [0, 0.1) is 5.82 Å². The monoisotopic (exact) mass is 336 g/mol. The fourth-order valence-corrected chi connectivity index (χ4v) is 3.49. The molecule has 0 saturated carbocycles. The van der Waals surface area contributed by atoms with Crippen LogP contribution in [0.25, 0.3) is 10.7 Å². The van der Waals surface area contributed by atoms with Crippen LogP contribution in [-0.4, -0.2) is 22.0 Å². The first-order valence-electron chi connectivity index (χ1n) is 6.38. The Kier molecular flexibility index (Phi) is 4.30. The number of benzene rings is 1. The van der Waals surface area contributed by atoms with Crippen LogP contribution < -0.4 is 10.6 Å². The lowest BCUT2D eigenvalue weighted by Crippen LogP contribution is -2.11. The van der Waals surface area contributed by atoms with Crippen LogP contribution >= 0.6 is 23.1 Å². The standard InChI is InChI=1S/C14H13FN4OS2/c1-20-11-5-4-10(15)7-9(11)8-22-14-18-17-13(19(14)16)12-3-2-6-21-12/h2-7H,8,16H2,1H3. The summed E-state index contributed by atoms with van der Waals surface area (Å²) in [6.07, 6.45) is 0. The maximum Gasteiger partial charge on any atom is 0.210 e. The van der Waals surface area contributed by atoms with Gasteiger partial charge in [0.15, 0.2) is 5.82 Å². The van der Waals surface area contributed by atoms with E-state index >= 15 is 0 Å². The molecule has 1 aromatic carbocycles. The van der Waals surface area contributed by atoms with Crippen LogP contribution in [-0.2, 0) is 5.75 Å². The number of thiophene rings is 1. The SMILES string of the molecule is COc1ccc(F)cc1CSc1nnc(-c2cccs2)n1N. The van der Waals surface area contributed by atoms with Crippen LogP contribution in [0.5, 0.6) is 5.75 Å². The Morgan fingerprint density at radius 3 is 2.95 bits per heavy atom. The highest BCUT2D eigenvalue weighted by atomic mass is 32.2. The molecule has 2 aromatic heterocycles. The molecule has 5 nitrogen and oxygen atoms in total. The smallest absolute Gasteiger partial charge is 0.210 e. The normalized spacial score (nSPS) is 10.8. The van der Waals surface area contributed by atoms with Crippen molar-refractivity contribution in [3.63, 3.8) is 0 Å². The molecule has 22 heavy (non-hydrogen) atoms.